The molecule has 18 heavy (non-hydrogen) atoms. The summed E-state index contributed by atoms with van der Waals surface area (Å²) in [6.45, 7) is 8.37. The monoisotopic (exact) mass is 316 g/mol. The van der Waals surface area contributed by atoms with Crippen molar-refractivity contribution in [3.8, 4) is 0 Å². The zero-order valence-corrected chi connectivity index (χ0v) is 13.9. The van der Waals surface area contributed by atoms with Gasteiger partial charge < -0.3 is 10.2 Å². The predicted molar refractivity (Wildman–Crippen MR) is 79.8 cm³/mol. The number of hydrogen-bond acceptors (Lipinski definition) is 3. The lowest BCUT2D eigenvalue weighted by atomic mass is 10.0. The summed E-state index contributed by atoms with van der Waals surface area (Å²) >= 11 is 3.64. The quantitative estimate of drug-likeness (QED) is 0.873. The average molecular weight is 317 g/mol. The van der Waals surface area contributed by atoms with Crippen molar-refractivity contribution >= 4 is 15.9 Å². The number of nitrogens with zero attached hydrogens (tertiary/aromatic N) is 3. The van der Waals surface area contributed by atoms with Crippen LogP contribution in [0.3, 0.4) is 0 Å². The van der Waals surface area contributed by atoms with Crippen LogP contribution in [0.4, 0.5) is 0 Å². The molecule has 0 fully saturated rings. The normalized spacial score (nSPS) is 12.4. The van der Waals surface area contributed by atoms with Gasteiger partial charge in [-0.15, -0.1) is 0 Å². The van der Waals surface area contributed by atoms with Gasteiger partial charge in [-0.2, -0.15) is 5.10 Å². The Morgan fingerprint density at radius 3 is 2.44 bits per heavy atom. The van der Waals surface area contributed by atoms with E-state index in [0.717, 1.165) is 29.7 Å². The Labute approximate surface area is 119 Å². The van der Waals surface area contributed by atoms with Crippen LogP contribution in [0.2, 0.25) is 0 Å². The van der Waals surface area contributed by atoms with Crippen LogP contribution < -0.4 is 5.32 Å². The first-order valence-electron chi connectivity index (χ1n) is 6.38. The first-order chi connectivity index (χ1) is 8.29. The van der Waals surface area contributed by atoms with Crippen LogP contribution in [0, 0.1) is 0 Å². The zero-order valence-electron chi connectivity index (χ0n) is 12.3. The highest BCUT2D eigenvalue weighted by Crippen LogP contribution is 2.21. The molecule has 0 amide bonds. The fourth-order valence-electron chi connectivity index (χ4n) is 1.66. The second-order valence-electron chi connectivity index (χ2n) is 5.49. The van der Waals surface area contributed by atoms with E-state index in [0.29, 0.717) is 0 Å². The summed E-state index contributed by atoms with van der Waals surface area (Å²) in [4.78, 5) is 2.23. The van der Waals surface area contributed by atoms with E-state index < -0.39 is 0 Å². The van der Waals surface area contributed by atoms with Gasteiger partial charge in [0.15, 0.2) is 0 Å². The van der Waals surface area contributed by atoms with Crippen molar-refractivity contribution in [2.45, 2.75) is 39.3 Å². The molecule has 1 N–H and O–H groups in total. The fraction of sp³-hybridized carbons (Fsp3) is 0.769. The maximum atomic E-state index is 4.50. The second kappa shape index (κ2) is 6.17. The molecule has 1 aromatic heterocycles. The summed E-state index contributed by atoms with van der Waals surface area (Å²) in [5.41, 5.74) is 2.49. The highest BCUT2D eigenvalue weighted by molar-refractivity contribution is 9.10. The van der Waals surface area contributed by atoms with Crippen LogP contribution >= 0.6 is 15.9 Å². The molecule has 0 radical (unpaired) electrons. The van der Waals surface area contributed by atoms with Gasteiger partial charge >= 0.3 is 0 Å². The molecular formula is C13H25BrN4. The highest BCUT2D eigenvalue weighted by atomic mass is 79.9. The van der Waals surface area contributed by atoms with Crippen LogP contribution in [0.1, 0.15) is 32.2 Å². The van der Waals surface area contributed by atoms with Gasteiger partial charge in [-0.3, -0.25) is 4.68 Å². The molecule has 1 aromatic rings. The van der Waals surface area contributed by atoms with Crippen LogP contribution in [0.5, 0.6) is 0 Å². The van der Waals surface area contributed by atoms with Gasteiger partial charge in [0.25, 0.3) is 0 Å². The Kier molecular flexibility index (Phi) is 5.37. The minimum absolute atomic E-state index is 0.151. The van der Waals surface area contributed by atoms with E-state index in [1.54, 1.807) is 0 Å². The molecule has 1 rings (SSSR count). The van der Waals surface area contributed by atoms with E-state index >= 15 is 0 Å². The summed E-state index contributed by atoms with van der Waals surface area (Å²) < 4.78 is 3.10. The number of likely N-dealkylation sites (N-methyl/N-ethyl adjacent to an activating group) is 1. The Hall–Kier alpha value is -0.390. The summed E-state index contributed by atoms with van der Waals surface area (Å²) in [6.07, 6.45) is 0.956. The lowest BCUT2D eigenvalue weighted by Gasteiger charge is -2.32. The van der Waals surface area contributed by atoms with Gasteiger partial charge in [0.05, 0.1) is 15.9 Å². The van der Waals surface area contributed by atoms with Crippen LogP contribution in [-0.2, 0) is 20.0 Å². The first-order valence-corrected chi connectivity index (χ1v) is 7.17. The number of aromatic nitrogens is 2. The molecule has 4 nitrogen and oxygen atoms in total. The third-order valence-electron chi connectivity index (χ3n) is 3.56. The molecule has 5 heteroatoms. The molecule has 0 aliphatic heterocycles. The fourth-order valence-corrected chi connectivity index (χ4v) is 2.41. The van der Waals surface area contributed by atoms with E-state index in [-0.39, 0.29) is 5.54 Å². The molecule has 0 saturated carbocycles. The minimum atomic E-state index is 0.151. The minimum Gasteiger partial charge on any atom is -0.309 e. The number of nitrogens with one attached hydrogen (secondary N) is 1. The van der Waals surface area contributed by atoms with E-state index in [9.17, 15) is 0 Å². The Morgan fingerprint density at radius 2 is 2.00 bits per heavy atom. The van der Waals surface area contributed by atoms with Gasteiger partial charge in [-0.1, -0.05) is 6.92 Å². The largest absolute Gasteiger partial charge is 0.309 e. The van der Waals surface area contributed by atoms with E-state index in [1.807, 2.05) is 11.7 Å². The lowest BCUT2D eigenvalue weighted by molar-refractivity contribution is 0.189. The predicted octanol–water partition coefficient (Wildman–Crippen LogP) is 2.17. The van der Waals surface area contributed by atoms with E-state index in [4.69, 9.17) is 0 Å². The molecule has 0 aromatic carbocycles. The van der Waals surface area contributed by atoms with Crippen molar-refractivity contribution in [2.75, 3.05) is 20.6 Å². The zero-order chi connectivity index (χ0) is 13.9. The van der Waals surface area contributed by atoms with Gasteiger partial charge in [0.1, 0.15) is 0 Å². The van der Waals surface area contributed by atoms with Gasteiger partial charge in [-0.25, -0.2) is 0 Å². The van der Waals surface area contributed by atoms with Gasteiger partial charge in [-0.05, 0) is 50.3 Å². The Balaban J connectivity index is 2.62. The molecular weight excluding hydrogens is 292 g/mol. The second-order valence-corrected chi connectivity index (χ2v) is 6.29. The molecule has 0 atom stereocenters. The molecule has 0 aliphatic carbocycles. The van der Waals surface area contributed by atoms with Crippen molar-refractivity contribution in [2.24, 2.45) is 7.05 Å². The molecule has 104 valence electrons. The number of rotatable bonds is 6. The van der Waals surface area contributed by atoms with Crippen molar-refractivity contribution in [3.63, 3.8) is 0 Å². The van der Waals surface area contributed by atoms with Crippen LogP contribution in [-0.4, -0.2) is 40.9 Å². The number of aryl methyl sites for hydroxylation is 2. The first kappa shape index (κ1) is 15.7. The van der Waals surface area contributed by atoms with Crippen LogP contribution in [0.25, 0.3) is 0 Å². The van der Waals surface area contributed by atoms with Crippen molar-refractivity contribution in [1.82, 2.24) is 20.0 Å². The third-order valence-corrected chi connectivity index (χ3v) is 4.48. The summed E-state index contributed by atoms with van der Waals surface area (Å²) in [5, 5.41) is 8.01. The summed E-state index contributed by atoms with van der Waals surface area (Å²) in [5.74, 6) is 0. The van der Waals surface area contributed by atoms with Crippen LogP contribution in [0.15, 0.2) is 4.47 Å². The molecule has 0 spiro atoms. The molecule has 1 heterocycles. The topological polar surface area (TPSA) is 33.1 Å². The standard InChI is InChI=1S/C13H25BrN4/c1-7-10-12(14)11(18(6)16-10)8-15-9-13(2,3)17(4)5/h15H,7-9H2,1-6H3. The summed E-state index contributed by atoms with van der Waals surface area (Å²) in [7, 11) is 6.21. The van der Waals surface area contributed by atoms with Gasteiger partial charge in [0, 0.05) is 25.7 Å². The average Bonchev–Trinajstić information content (AvgIpc) is 2.55. The van der Waals surface area contributed by atoms with Crippen molar-refractivity contribution < 1.29 is 0 Å². The molecule has 0 bridgehead atoms. The van der Waals surface area contributed by atoms with E-state index in [1.165, 1.54) is 5.69 Å². The Bertz CT molecular complexity index is 396. The number of hydrogen-bond donors (Lipinski definition) is 1. The maximum absolute atomic E-state index is 4.50. The maximum Gasteiger partial charge on any atom is 0.0767 e. The number of halogens is 1. The van der Waals surface area contributed by atoms with Gasteiger partial charge in [0.2, 0.25) is 0 Å². The van der Waals surface area contributed by atoms with E-state index in [2.05, 4.69) is 66.1 Å². The molecule has 0 aliphatic rings. The van der Waals surface area contributed by atoms with Crippen molar-refractivity contribution in [1.29, 1.82) is 0 Å². The van der Waals surface area contributed by atoms with Crippen molar-refractivity contribution in [3.05, 3.63) is 15.9 Å². The highest BCUT2D eigenvalue weighted by Gasteiger charge is 2.20. The Morgan fingerprint density at radius 1 is 1.39 bits per heavy atom. The summed E-state index contributed by atoms with van der Waals surface area (Å²) in [6, 6.07) is 0. The molecule has 0 unspecified atom stereocenters. The SMILES string of the molecule is CCc1nn(C)c(CNCC(C)(C)N(C)C)c1Br. The lowest BCUT2D eigenvalue weighted by Crippen LogP contribution is -2.46. The smallest absolute Gasteiger partial charge is 0.0767 e. The third kappa shape index (κ3) is 3.56. The molecule has 0 saturated heterocycles.